The smallest absolute Gasteiger partial charge is 0.289 e. The summed E-state index contributed by atoms with van der Waals surface area (Å²) in [4.78, 5) is 20.3. The Kier molecular flexibility index (Phi) is 4.52. The number of carbonyl (C=O) groups is 1. The van der Waals surface area contributed by atoms with Crippen LogP contribution in [0.5, 0.6) is 5.75 Å². The average Bonchev–Trinajstić information content (AvgIpc) is 3.17. The van der Waals surface area contributed by atoms with Crippen LogP contribution in [0.2, 0.25) is 0 Å². The van der Waals surface area contributed by atoms with Crippen molar-refractivity contribution in [3.8, 4) is 5.75 Å². The summed E-state index contributed by atoms with van der Waals surface area (Å²) in [5, 5.41) is 7.04. The van der Waals surface area contributed by atoms with Gasteiger partial charge in [-0.3, -0.25) is 9.48 Å². The summed E-state index contributed by atoms with van der Waals surface area (Å²) in [6, 6.07) is 1.49. The molecule has 23 heavy (non-hydrogen) atoms. The maximum Gasteiger partial charge on any atom is 0.289 e. The molecular formula is C15H19N5O3. The first-order chi connectivity index (χ1) is 11.2. The fourth-order valence-corrected chi connectivity index (χ4v) is 2.33. The van der Waals surface area contributed by atoms with E-state index in [0.717, 1.165) is 12.2 Å². The lowest BCUT2D eigenvalue weighted by Crippen LogP contribution is -2.45. The number of hydrogen-bond donors (Lipinski definition) is 1. The number of aryl methyl sites for hydroxylation is 2. The lowest BCUT2D eigenvalue weighted by Gasteiger charge is -2.19. The van der Waals surface area contributed by atoms with Crippen molar-refractivity contribution in [1.29, 1.82) is 0 Å². The van der Waals surface area contributed by atoms with Gasteiger partial charge in [-0.25, -0.2) is 9.97 Å². The number of nitrogens with zero attached hydrogens (tertiary/aromatic N) is 4. The molecule has 1 N–H and O–H groups in total. The largest absolute Gasteiger partial charge is 0.482 e. The number of hydrogen-bond acceptors (Lipinski definition) is 6. The van der Waals surface area contributed by atoms with Gasteiger partial charge in [0.1, 0.15) is 6.10 Å². The highest BCUT2D eigenvalue weighted by Crippen LogP contribution is 2.16. The Morgan fingerprint density at radius 3 is 3.13 bits per heavy atom. The molecule has 0 unspecified atom stereocenters. The van der Waals surface area contributed by atoms with Crippen molar-refractivity contribution >= 4 is 5.91 Å². The third-order valence-corrected chi connectivity index (χ3v) is 3.56. The number of amides is 1. The lowest BCUT2D eigenvalue weighted by atomic mass is 10.2. The summed E-state index contributed by atoms with van der Waals surface area (Å²) >= 11 is 0. The molecule has 1 fully saturated rings. The lowest BCUT2D eigenvalue weighted by molar-refractivity contribution is 0.0893. The molecule has 2 atom stereocenters. The minimum Gasteiger partial charge on any atom is -0.482 e. The van der Waals surface area contributed by atoms with Crippen LogP contribution in [-0.2, 0) is 11.3 Å². The van der Waals surface area contributed by atoms with Gasteiger partial charge in [-0.1, -0.05) is 0 Å². The first kappa shape index (κ1) is 15.4. The Morgan fingerprint density at radius 1 is 1.52 bits per heavy atom. The van der Waals surface area contributed by atoms with Crippen LogP contribution in [-0.4, -0.2) is 51.0 Å². The van der Waals surface area contributed by atoms with Crippen LogP contribution in [0.3, 0.4) is 0 Å². The van der Waals surface area contributed by atoms with E-state index in [1.807, 2.05) is 20.0 Å². The molecule has 0 bridgehead atoms. The van der Waals surface area contributed by atoms with E-state index >= 15 is 0 Å². The second kappa shape index (κ2) is 6.74. The van der Waals surface area contributed by atoms with Crippen LogP contribution >= 0.6 is 0 Å². The molecule has 1 aliphatic heterocycles. The molecule has 0 saturated carbocycles. The quantitative estimate of drug-likeness (QED) is 0.867. The molecule has 8 nitrogen and oxygen atoms in total. The molecule has 3 rings (SSSR count). The van der Waals surface area contributed by atoms with Gasteiger partial charge >= 0.3 is 0 Å². The summed E-state index contributed by atoms with van der Waals surface area (Å²) < 4.78 is 13.1. The zero-order valence-electron chi connectivity index (χ0n) is 13.1. The Hall–Kier alpha value is -2.48. The summed E-state index contributed by atoms with van der Waals surface area (Å²) in [5.41, 5.74) is 0.743. The standard InChI is InChI=1S/C15H19N5O3/c1-3-20-7-11(6-17-20)23-13-9-22-8-12(13)19-15(21)14-16-5-4-10(2)18-14/h4-7,12-13H,3,8-9H2,1-2H3,(H,19,21)/t12-,13+/m0/s1. The summed E-state index contributed by atoms with van der Waals surface area (Å²) in [5.74, 6) is 0.477. The maximum absolute atomic E-state index is 12.2. The molecule has 0 spiro atoms. The molecule has 1 aliphatic rings. The summed E-state index contributed by atoms with van der Waals surface area (Å²) in [6.45, 7) is 5.39. The first-order valence-electron chi connectivity index (χ1n) is 7.53. The van der Waals surface area contributed by atoms with Crippen molar-refractivity contribution in [3.05, 3.63) is 36.2 Å². The molecule has 8 heteroatoms. The van der Waals surface area contributed by atoms with E-state index in [4.69, 9.17) is 9.47 Å². The fourth-order valence-electron chi connectivity index (χ4n) is 2.33. The Labute approximate surface area is 133 Å². The van der Waals surface area contributed by atoms with E-state index in [2.05, 4.69) is 20.4 Å². The second-order valence-electron chi connectivity index (χ2n) is 5.33. The van der Waals surface area contributed by atoms with Crippen molar-refractivity contribution in [2.24, 2.45) is 0 Å². The predicted octanol–water partition coefficient (Wildman–Crippen LogP) is 0.578. The minimum atomic E-state index is -0.331. The number of rotatable bonds is 5. The SMILES string of the molecule is CCn1cc(O[C@@H]2COC[C@@H]2NC(=O)c2nccc(C)n2)cn1. The van der Waals surface area contributed by atoms with E-state index in [1.165, 1.54) is 0 Å². The van der Waals surface area contributed by atoms with E-state index in [9.17, 15) is 4.79 Å². The van der Waals surface area contributed by atoms with Crippen LogP contribution in [0.25, 0.3) is 0 Å². The molecule has 1 saturated heterocycles. The minimum absolute atomic E-state index is 0.148. The Balaban J connectivity index is 1.63. The normalized spacial score (nSPS) is 20.4. The van der Waals surface area contributed by atoms with Gasteiger partial charge in [0.2, 0.25) is 5.82 Å². The third-order valence-electron chi connectivity index (χ3n) is 3.56. The summed E-state index contributed by atoms with van der Waals surface area (Å²) in [7, 11) is 0. The molecule has 2 aromatic rings. The number of carbonyl (C=O) groups excluding carboxylic acids is 1. The topological polar surface area (TPSA) is 91.2 Å². The van der Waals surface area contributed by atoms with E-state index in [-0.39, 0.29) is 23.9 Å². The first-order valence-corrected chi connectivity index (χ1v) is 7.53. The number of ether oxygens (including phenoxy) is 2. The Morgan fingerprint density at radius 2 is 2.39 bits per heavy atom. The van der Waals surface area contributed by atoms with Gasteiger partial charge in [-0.05, 0) is 19.9 Å². The van der Waals surface area contributed by atoms with E-state index in [1.54, 1.807) is 23.1 Å². The zero-order valence-corrected chi connectivity index (χ0v) is 13.1. The van der Waals surface area contributed by atoms with Crippen molar-refractivity contribution < 1.29 is 14.3 Å². The summed E-state index contributed by atoms with van der Waals surface area (Å²) in [6.07, 6.45) is 4.78. The molecule has 0 aromatic carbocycles. The highest BCUT2D eigenvalue weighted by atomic mass is 16.5. The zero-order chi connectivity index (χ0) is 16.2. The molecule has 3 heterocycles. The fraction of sp³-hybridized carbons (Fsp3) is 0.467. The van der Waals surface area contributed by atoms with Gasteiger partial charge in [-0.2, -0.15) is 5.10 Å². The Bertz CT molecular complexity index is 687. The maximum atomic E-state index is 12.2. The molecule has 1 amide bonds. The molecular weight excluding hydrogens is 298 g/mol. The van der Waals surface area contributed by atoms with Crippen molar-refractivity contribution in [1.82, 2.24) is 25.1 Å². The van der Waals surface area contributed by atoms with E-state index < -0.39 is 0 Å². The van der Waals surface area contributed by atoms with Crippen LogP contribution in [0.4, 0.5) is 0 Å². The van der Waals surface area contributed by atoms with Crippen molar-refractivity contribution in [3.63, 3.8) is 0 Å². The number of nitrogens with one attached hydrogen (secondary N) is 1. The number of aromatic nitrogens is 4. The van der Waals surface area contributed by atoms with Crippen molar-refractivity contribution in [2.75, 3.05) is 13.2 Å². The van der Waals surface area contributed by atoms with Crippen LogP contribution in [0, 0.1) is 6.92 Å². The van der Waals surface area contributed by atoms with E-state index in [0.29, 0.717) is 19.0 Å². The molecule has 2 aromatic heterocycles. The van der Waals surface area contributed by atoms with Crippen LogP contribution in [0.1, 0.15) is 23.2 Å². The highest BCUT2D eigenvalue weighted by molar-refractivity contribution is 5.90. The molecule has 122 valence electrons. The van der Waals surface area contributed by atoms with Gasteiger partial charge in [0, 0.05) is 18.4 Å². The monoisotopic (exact) mass is 317 g/mol. The average molecular weight is 317 g/mol. The highest BCUT2D eigenvalue weighted by Gasteiger charge is 2.32. The molecule has 0 aliphatic carbocycles. The second-order valence-corrected chi connectivity index (χ2v) is 5.33. The van der Waals surface area contributed by atoms with Crippen LogP contribution in [0.15, 0.2) is 24.7 Å². The van der Waals surface area contributed by atoms with Gasteiger partial charge in [0.15, 0.2) is 5.75 Å². The van der Waals surface area contributed by atoms with Crippen LogP contribution < -0.4 is 10.1 Å². The van der Waals surface area contributed by atoms with Gasteiger partial charge in [-0.15, -0.1) is 0 Å². The predicted molar refractivity (Wildman–Crippen MR) is 81.2 cm³/mol. The van der Waals surface area contributed by atoms with Gasteiger partial charge < -0.3 is 14.8 Å². The van der Waals surface area contributed by atoms with Gasteiger partial charge in [0.05, 0.1) is 31.6 Å². The van der Waals surface area contributed by atoms with Crippen molar-refractivity contribution in [2.45, 2.75) is 32.5 Å². The third kappa shape index (κ3) is 3.65. The molecule has 0 radical (unpaired) electrons. The van der Waals surface area contributed by atoms with Gasteiger partial charge in [0.25, 0.3) is 5.91 Å².